The summed E-state index contributed by atoms with van der Waals surface area (Å²) >= 11 is 0. The van der Waals surface area contributed by atoms with Gasteiger partial charge in [-0.1, -0.05) is 150 Å². The molecule has 2 nitrogen and oxygen atoms in total. The topological polar surface area (TPSA) is 26.3 Å². The van der Waals surface area contributed by atoms with Crippen LogP contribution in [0.15, 0.2) is 179 Å². The molecule has 67 heavy (non-hydrogen) atoms. The van der Waals surface area contributed by atoms with Crippen LogP contribution < -0.4 is 10.4 Å². The van der Waals surface area contributed by atoms with Crippen molar-refractivity contribution in [2.75, 3.05) is 0 Å². The van der Waals surface area contributed by atoms with Gasteiger partial charge in [0.15, 0.2) is 0 Å². The van der Waals surface area contributed by atoms with Crippen molar-refractivity contribution in [1.29, 1.82) is 0 Å². The summed E-state index contributed by atoms with van der Waals surface area (Å²) < 4.78 is 12.5. The highest BCUT2D eigenvalue weighted by Crippen LogP contribution is 2.57. The van der Waals surface area contributed by atoms with Crippen molar-refractivity contribution in [2.24, 2.45) is 0 Å². The van der Waals surface area contributed by atoms with Crippen molar-refractivity contribution < 1.29 is 8.83 Å². The van der Waals surface area contributed by atoms with Crippen molar-refractivity contribution >= 4 is 83.9 Å². The molecule has 0 unspecified atom stereocenters. The Balaban J connectivity index is 0.895. The third-order valence-electron chi connectivity index (χ3n) is 16.6. The third kappa shape index (κ3) is 4.75. The third-order valence-corrected chi connectivity index (χ3v) is 20.2. The second-order valence-electron chi connectivity index (χ2n) is 21.2. The fraction of sp³-hybridized carbons (Fsp3) is 0.125. The molecular weight excluding hydrogens is 829 g/mol. The predicted molar refractivity (Wildman–Crippen MR) is 284 cm³/mol. The van der Waals surface area contributed by atoms with E-state index >= 15 is 0 Å². The summed E-state index contributed by atoms with van der Waals surface area (Å²) in [5, 5.41) is 13.0. The number of rotatable bonds is 2. The zero-order valence-electron chi connectivity index (χ0n) is 38.5. The maximum Gasteiger partial charge on any atom is 0.135 e. The summed E-state index contributed by atoms with van der Waals surface area (Å²) in [7, 11) is -2.17. The molecule has 3 heterocycles. The van der Waals surface area contributed by atoms with Crippen LogP contribution in [-0.4, -0.2) is 8.07 Å². The zero-order valence-corrected chi connectivity index (χ0v) is 39.5. The summed E-state index contributed by atoms with van der Waals surface area (Å²) in [5.41, 5.74) is 22.5. The number of benzene rings is 10. The summed E-state index contributed by atoms with van der Waals surface area (Å²) in [6.07, 6.45) is 0. The summed E-state index contributed by atoms with van der Waals surface area (Å²) in [5.74, 6) is 0. The van der Waals surface area contributed by atoms with Crippen LogP contribution in [0.25, 0.3) is 121 Å². The molecule has 1 aliphatic heterocycles. The average molecular weight is 875 g/mol. The minimum atomic E-state index is -2.17. The monoisotopic (exact) mass is 874 g/mol. The van der Waals surface area contributed by atoms with Gasteiger partial charge in [0.1, 0.15) is 30.4 Å². The van der Waals surface area contributed by atoms with Gasteiger partial charge in [-0.3, -0.25) is 0 Å². The van der Waals surface area contributed by atoms with E-state index < -0.39 is 8.07 Å². The van der Waals surface area contributed by atoms with Gasteiger partial charge < -0.3 is 8.83 Å². The number of para-hydroxylation sites is 2. The van der Waals surface area contributed by atoms with Crippen LogP contribution in [-0.2, 0) is 10.8 Å². The van der Waals surface area contributed by atoms with Crippen molar-refractivity contribution in [2.45, 2.75) is 51.6 Å². The Kier molecular flexibility index (Phi) is 7.04. The lowest BCUT2D eigenvalue weighted by Crippen LogP contribution is -2.49. The van der Waals surface area contributed by atoms with Gasteiger partial charge in [-0.05, 0) is 170 Å². The fourth-order valence-corrected chi connectivity index (χ4v) is 16.2. The molecule has 318 valence electrons. The van der Waals surface area contributed by atoms with Crippen LogP contribution in [0.3, 0.4) is 0 Å². The highest BCUT2D eigenvalue weighted by molar-refractivity contribution is 7.04. The Morgan fingerprint density at radius 2 is 0.672 bits per heavy atom. The van der Waals surface area contributed by atoms with Gasteiger partial charge in [0.25, 0.3) is 0 Å². The van der Waals surface area contributed by atoms with Crippen molar-refractivity contribution in [3.8, 4) is 55.6 Å². The van der Waals surface area contributed by atoms with Gasteiger partial charge >= 0.3 is 0 Å². The molecule has 0 N–H and O–H groups in total. The molecule has 2 aromatic heterocycles. The molecule has 3 aliphatic rings. The van der Waals surface area contributed by atoms with Crippen LogP contribution in [0.5, 0.6) is 0 Å². The van der Waals surface area contributed by atoms with Crippen LogP contribution in [0.2, 0.25) is 13.1 Å². The summed E-state index contributed by atoms with van der Waals surface area (Å²) in [6.45, 7) is 15.0. The van der Waals surface area contributed by atoms with Crippen LogP contribution in [0, 0.1) is 0 Å². The Labute approximate surface area is 390 Å². The van der Waals surface area contributed by atoms with E-state index in [2.05, 4.69) is 199 Å². The lowest BCUT2D eigenvalue weighted by Gasteiger charge is -2.24. The first-order valence-electron chi connectivity index (χ1n) is 23.8. The summed E-state index contributed by atoms with van der Waals surface area (Å²) in [6, 6.07) is 64.0. The molecular formula is C64H46O2Si. The molecule has 0 saturated carbocycles. The van der Waals surface area contributed by atoms with Crippen LogP contribution in [0.1, 0.15) is 49.9 Å². The first-order valence-corrected chi connectivity index (χ1v) is 26.8. The SMILES string of the molecule is CC1(C)c2cc3c(cc2-c2c1cc(-c1ccc4oc5ccccc5c4c1)c1ccccc21)[Si](C)(C)c1cc2c(cc1-3)C(C)(C)c1cc(-c3ccc4oc5ccccc5c4c3)c3ccccc3c1-2. The number of furan rings is 2. The molecule has 10 aromatic carbocycles. The predicted octanol–water partition coefficient (Wildman–Crippen LogP) is 16.5. The maximum atomic E-state index is 6.27. The number of hydrogen-bond donors (Lipinski definition) is 0. The van der Waals surface area contributed by atoms with E-state index in [0.29, 0.717) is 0 Å². The lowest BCUT2D eigenvalue weighted by atomic mass is 9.79. The molecule has 15 rings (SSSR count). The first kappa shape index (κ1) is 37.7. The normalized spacial score (nSPS) is 15.7. The molecule has 0 spiro atoms. The number of hydrogen-bond acceptors (Lipinski definition) is 2. The van der Waals surface area contributed by atoms with Gasteiger partial charge in [-0.15, -0.1) is 0 Å². The van der Waals surface area contributed by atoms with Gasteiger partial charge in [-0.2, -0.15) is 0 Å². The van der Waals surface area contributed by atoms with Crippen LogP contribution >= 0.6 is 0 Å². The van der Waals surface area contributed by atoms with E-state index in [1.807, 2.05) is 12.1 Å². The Morgan fingerprint density at radius 3 is 1.10 bits per heavy atom. The highest BCUT2D eigenvalue weighted by Gasteiger charge is 2.46. The zero-order chi connectivity index (χ0) is 44.9. The average Bonchev–Trinajstić information content (AvgIpc) is 4.08. The van der Waals surface area contributed by atoms with E-state index in [-0.39, 0.29) is 10.8 Å². The highest BCUT2D eigenvalue weighted by atomic mass is 28.3. The largest absolute Gasteiger partial charge is 0.456 e. The quantitative estimate of drug-likeness (QED) is 0.162. The summed E-state index contributed by atoms with van der Waals surface area (Å²) in [4.78, 5) is 0. The molecule has 0 amide bonds. The molecule has 0 radical (unpaired) electrons. The van der Waals surface area contributed by atoms with Crippen molar-refractivity contribution in [1.82, 2.24) is 0 Å². The molecule has 0 fully saturated rings. The minimum Gasteiger partial charge on any atom is -0.456 e. The molecule has 3 heteroatoms. The minimum absolute atomic E-state index is 0.202. The smallest absolute Gasteiger partial charge is 0.135 e. The Hall–Kier alpha value is -7.46. The molecule has 0 bridgehead atoms. The van der Waals surface area contributed by atoms with E-state index in [4.69, 9.17) is 8.83 Å². The lowest BCUT2D eigenvalue weighted by molar-refractivity contribution is 0.660. The molecule has 12 aromatic rings. The maximum absolute atomic E-state index is 6.27. The van der Waals surface area contributed by atoms with E-state index in [9.17, 15) is 0 Å². The molecule has 0 saturated heterocycles. The van der Waals surface area contributed by atoms with Crippen molar-refractivity contribution in [3.63, 3.8) is 0 Å². The Bertz CT molecular complexity index is 3970. The second kappa shape index (κ2) is 12.5. The first-order chi connectivity index (χ1) is 32.5. The van der Waals surface area contributed by atoms with Gasteiger partial charge in [-0.25, -0.2) is 0 Å². The van der Waals surface area contributed by atoms with Crippen molar-refractivity contribution in [3.05, 3.63) is 192 Å². The number of fused-ring (bicyclic) bond motifs is 19. The van der Waals surface area contributed by atoms with E-state index in [0.717, 1.165) is 43.9 Å². The van der Waals surface area contributed by atoms with Crippen LogP contribution in [0.4, 0.5) is 0 Å². The fourth-order valence-electron chi connectivity index (χ4n) is 13.1. The standard InChI is InChI=1S/C64H46O2Si/c1-63(2)51-31-47-48-32-52-50(62-42-20-10-8-16-38(42)44(30-54(62)64(52,3)4)36-24-26-58-46(28-36)40-18-12-14-22-56(40)66-58)34-60(48)67(5,6)59(47)33-49(51)61-41-19-9-7-15-37(41)43(29-53(61)63)35-23-25-57-45(27-35)39-17-11-13-21-55(39)65-57/h7-34H,1-6H3. The van der Waals surface area contributed by atoms with E-state index in [1.165, 1.54) is 99.4 Å². The van der Waals surface area contributed by atoms with Gasteiger partial charge in [0, 0.05) is 32.4 Å². The van der Waals surface area contributed by atoms with Gasteiger partial charge in [0.2, 0.25) is 0 Å². The molecule has 0 atom stereocenters. The van der Waals surface area contributed by atoms with Gasteiger partial charge in [0.05, 0.1) is 0 Å². The molecule has 2 aliphatic carbocycles. The second-order valence-corrected chi connectivity index (χ2v) is 25.5. The Morgan fingerprint density at radius 1 is 0.313 bits per heavy atom. The van der Waals surface area contributed by atoms with E-state index in [1.54, 1.807) is 10.4 Å².